The van der Waals surface area contributed by atoms with Gasteiger partial charge in [0.05, 0.1) is 10.6 Å². The summed E-state index contributed by atoms with van der Waals surface area (Å²) in [4.78, 5) is 18.5. The highest BCUT2D eigenvalue weighted by Crippen LogP contribution is 2.29. The number of nitrogens with two attached hydrogens (primary N) is 1. The lowest BCUT2D eigenvalue weighted by atomic mass is 10.1. The smallest absolute Gasteiger partial charge is 0.266 e. The van der Waals surface area contributed by atoms with Crippen molar-refractivity contribution < 1.29 is 4.79 Å². The molecular formula is C15H17N3OS. The number of nitrogens with zero attached hydrogens (tertiary/aromatic N) is 1. The van der Waals surface area contributed by atoms with E-state index in [9.17, 15) is 4.79 Å². The number of hydrogen-bond donors (Lipinski definition) is 2. The third-order valence-corrected chi connectivity index (χ3v) is 4.78. The van der Waals surface area contributed by atoms with Crippen LogP contribution in [0, 0.1) is 0 Å². The van der Waals surface area contributed by atoms with Gasteiger partial charge in [-0.15, -0.1) is 11.3 Å². The number of thiophene rings is 1. The van der Waals surface area contributed by atoms with Crippen LogP contribution >= 0.6 is 11.3 Å². The minimum absolute atomic E-state index is 0.117. The molecule has 104 valence electrons. The zero-order chi connectivity index (χ0) is 13.9. The minimum atomic E-state index is -0.117. The van der Waals surface area contributed by atoms with E-state index < -0.39 is 0 Å². The Kier molecular flexibility index (Phi) is 3.69. The normalized spacial score (nSPS) is 14.4. The summed E-state index contributed by atoms with van der Waals surface area (Å²) in [7, 11) is 0. The third-order valence-electron chi connectivity index (χ3n) is 3.54. The Morgan fingerprint density at radius 2 is 2.15 bits per heavy atom. The van der Waals surface area contributed by atoms with E-state index in [1.165, 1.54) is 29.7 Å². The summed E-state index contributed by atoms with van der Waals surface area (Å²) in [6.07, 6.45) is 7.53. The Morgan fingerprint density at radius 3 is 3.00 bits per heavy atom. The van der Waals surface area contributed by atoms with Gasteiger partial charge < -0.3 is 11.1 Å². The second kappa shape index (κ2) is 5.63. The van der Waals surface area contributed by atoms with Crippen LogP contribution in [0.3, 0.4) is 0 Å². The number of nitrogens with one attached hydrogen (secondary N) is 1. The van der Waals surface area contributed by atoms with E-state index >= 15 is 0 Å². The van der Waals surface area contributed by atoms with Crippen molar-refractivity contribution in [2.24, 2.45) is 0 Å². The van der Waals surface area contributed by atoms with Crippen LogP contribution in [0.15, 0.2) is 24.4 Å². The molecule has 20 heavy (non-hydrogen) atoms. The molecule has 2 heterocycles. The van der Waals surface area contributed by atoms with Crippen LogP contribution in [-0.2, 0) is 12.8 Å². The predicted molar refractivity (Wildman–Crippen MR) is 82.2 cm³/mol. The van der Waals surface area contributed by atoms with E-state index in [1.54, 1.807) is 29.7 Å². The molecule has 0 spiro atoms. The van der Waals surface area contributed by atoms with Gasteiger partial charge in [0, 0.05) is 11.1 Å². The first-order chi connectivity index (χ1) is 9.74. The van der Waals surface area contributed by atoms with Gasteiger partial charge in [-0.2, -0.15) is 0 Å². The maximum absolute atomic E-state index is 12.3. The number of carbonyl (C=O) groups excluding carboxylic acids is 1. The Morgan fingerprint density at radius 1 is 1.30 bits per heavy atom. The molecule has 1 aliphatic rings. The van der Waals surface area contributed by atoms with E-state index in [2.05, 4.69) is 10.3 Å². The Bertz CT molecular complexity index is 612. The quantitative estimate of drug-likeness (QED) is 0.833. The van der Waals surface area contributed by atoms with Crippen LogP contribution in [0.4, 0.5) is 11.5 Å². The molecule has 0 aliphatic heterocycles. The maximum atomic E-state index is 12.3. The fourth-order valence-corrected chi connectivity index (χ4v) is 3.62. The van der Waals surface area contributed by atoms with E-state index in [-0.39, 0.29) is 5.91 Å². The van der Waals surface area contributed by atoms with E-state index in [0.29, 0.717) is 11.5 Å². The van der Waals surface area contributed by atoms with Crippen LogP contribution < -0.4 is 11.1 Å². The first kappa shape index (κ1) is 13.1. The largest absolute Gasteiger partial charge is 0.396 e. The van der Waals surface area contributed by atoms with Gasteiger partial charge in [0.2, 0.25) is 0 Å². The molecule has 3 rings (SSSR count). The Balaban J connectivity index is 1.79. The van der Waals surface area contributed by atoms with Crippen molar-refractivity contribution in [3.05, 3.63) is 39.7 Å². The lowest BCUT2D eigenvalue weighted by molar-refractivity contribution is 0.103. The lowest BCUT2D eigenvalue weighted by Gasteiger charge is -2.04. The van der Waals surface area contributed by atoms with Crippen molar-refractivity contribution in [2.75, 3.05) is 11.1 Å². The second-order valence-corrected chi connectivity index (χ2v) is 6.15. The number of anilines is 2. The summed E-state index contributed by atoms with van der Waals surface area (Å²) in [6.45, 7) is 0. The van der Waals surface area contributed by atoms with Crippen molar-refractivity contribution in [3.63, 3.8) is 0 Å². The average molecular weight is 287 g/mol. The molecule has 1 aliphatic carbocycles. The molecule has 2 aromatic rings. The summed E-state index contributed by atoms with van der Waals surface area (Å²) in [5, 5.41) is 2.79. The monoisotopic (exact) mass is 287 g/mol. The topological polar surface area (TPSA) is 68.0 Å². The number of nitrogen functional groups attached to an aromatic ring is 1. The van der Waals surface area contributed by atoms with Gasteiger partial charge in [0.25, 0.3) is 5.91 Å². The number of pyridine rings is 1. The van der Waals surface area contributed by atoms with Gasteiger partial charge in [-0.1, -0.05) is 6.42 Å². The van der Waals surface area contributed by atoms with E-state index in [0.717, 1.165) is 17.7 Å². The first-order valence-electron chi connectivity index (χ1n) is 6.87. The lowest BCUT2D eigenvalue weighted by Crippen LogP contribution is -2.12. The van der Waals surface area contributed by atoms with Gasteiger partial charge in [-0.05, 0) is 49.4 Å². The fraction of sp³-hybridized carbons (Fsp3) is 0.333. The highest BCUT2D eigenvalue weighted by Gasteiger charge is 2.17. The molecule has 0 radical (unpaired) electrons. The zero-order valence-electron chi connectivity index (χ0n) is 11.2. The molecule has 0 atom stereocenters. The number of amides is 1. The van der Waals surface area contributed by atoms with Crippen molar-refractivity contribution in [1.82, 2.24) is 4.98 Å². The predicted octanol–water partition coefficient (Wildman–Crippen LogP) is 3.25. The summed E-state index contributed by atoms with van der Waals surface area (Å²) < 4.78 is 0. The summed E-state index contributed by atoms with van der Waals surface area (Å²) >= 11 is 1.60. The molecule has 0 saturated heterocycles. The van der Waals surface area contributed by atoms with Crippen LogP contribution in [0.2, 0.25) is 0 Å². The summed E-state index contributed by atoms with van der Waals surface area (Å²) in [6, 6.07) is 5.50. The number of rotatable bonds is 2. The van der Waals surface area contributed by atoms with Crippen LogP contribution in [0.1, 0.15) is 39.4 Å². The van der Waals surface area contributed by atoms with Crippen LogP contribution in [-0.4, -0.2) is 10.9 Å². The number of fused-ring (bicyclic) bond motifs is 1. The SMILES string of the molecule is Nc1cccnc1NC(=O)c1cc2c(s1)CCCCC2. The summed E-state index contributed by atoms with van der Waals surface area (Å²) in [5.41, 5.74) is 7.62. The molecule has 1 amide bonds. The average Bonchev–Trinajstić information content (AvgIpc) is 2.73. The maximum Gasteiger partial charge on any atom is 0.266 e. The molecular weight excluding hydrogens is 270 g/mol. The standard InChI is InChI=1S/C15H17N3OS/c16-11-6-4-8-17-14(11)18-15(19)13-9-10-5-2-1-3-7-12(10)20-13/h4,6,8-9H,1-3,5,7,16H2,(H,17,18,19). The van der Waals surface area contributed by atoms with E-state index in [1.807, 2.05) is 6.07 Å². The van der Waals surface area contributed by atoms with Crippen LogP contribution in [0.5, 0.6) is 0 Å². The molecule has 2 aromatic heterocycles. The second-order valence-electron chi connectivity index (χ2n) is 5.02. The fourth-order valence-electron chi connectivity index (χ4n) is 2.47. The first-order valence-corrected chi connectivity index (χ1v) is 7.69. The van der Waals surface area contributed by atoms with E-state index in [4.69, 9.17) is 5.73 Å². The minimum Gasteiger partial charge on any atom is -0.396 e. The van der Waals surface area contributed by atoms with Gasteiger partial charge >= 0.3 is 0 Å². The van der Waals surface area contributed by atoms with Gasteiger partial charge in [-0.25, -0.2) is 4.98 Å². The molecule has 0 aromatic carbocycles. The van der Waals surface area contributed by atoms with Crippen molar-refractivity contribution >= 4 is 28.7 Å². The van der Waals surface area contributed by atoms with Gasteiger partial charge in [-0.3, -0.25) is 4.79 Å². The molecule has 0 fully saturated rings. The third kappa shape index (κ3) is 2.67. The Hall–Kier alpha value is -1.88. The molecule has 3 N–H and O–H groups in total. The Labute approximate surface area is 122 Å². The molecule has 0 saturated carbocycles. The summed E-state index contributed by atoms with van der Waals surface area (Å²) in [5.74, 6) is 0.314. The van der Waals surface area contributed by atoms with Crippen molar-refractivity contribution in [1.29, 1.82) is 0 Å². The highest BCUT2D eigenvalue weighted by molar-refractivity contribution is 7.14. The van der Waals surface area contributed by atoms with Crippen LogP contribution in [0.25, 0.3) is 0 Å². The van der Waals surface area contributed by atoms with Gasteiger partial charge in [0.15, 0.2) is 5.82 Å². The molecule has 0 bridgehead atoms. The molecule has 0 unspecified atom stereocenters. The van der Waals surface area contributed by atoms with Crippen molar-refractivity contribution in [2.45, 2.75) is 32.1 Å². The number of aromatic nitrogens is 1. The number of aryl methyl sites for hydroxylation is 2. The van der Waals surface area contributed by atoms with Crippen molar-refractivity contribution in [3.8, 4) is 0 Å². The highest BCUT2D eigenvalue weighted by atomic mass is 32.1. The number of carbonyl (C=O) groups is 1. The number of hydrogen-bond acceptors (Lipinski definition) is 4. The molecule has 5 heteroatoms. The zero-order valence-corrected chi connectivity index (χ0v) is 12.0. The van der Waals surface area contributed by atoms with Gasteiger partial charge in [0.1, 0.15) is 0 Å². The molecule has 4 nitrogen and oxygen atoms in total.